The molecule has 126 valence electrons. The van der Waals surface area contributed by atoms with Crippen LogP contribution < -0.4 is 0 Å². The molecule has 0 saturated carbocycles. The van der Waals surface area contributed by atoms with Gasteiger partial charge in [-0.15, -0.1) is 0 Å². The molecular formula is C17H28Cl2O2Si. The first-order chi connectivity index (χ1) is 10.0. The van der Waals surface area contributed by atoms with Crippen molar-refractivity contribution in [3.63, 3.8) is 0 Å². The third kappa shape index (κ3) is 4.48. The standard InChI is InChI=1S/C17H28Cl2O2Si/c1-8-14(21-22(6,7)17(2,3)4)16(20-5)15-12(18)10-9-11-13(15)19/h9-11,14,16H,8H2,1-7H3/t14?,16-/m1/s1. The van der Waals surface area contributed by atoms with Crippen LogP contribution in [0, 0.1) is 0 Å². The van der Waals surface area contributed by atoms with Gasteiger partial charge in [0.2, 0.25) is 0 Å². The topological polar surface area (TPSA) is 18.5 Å². The maximum Gasteiger partial charge on any atom is 0.192 e. The fourth-order valence-corrected chi connectivity index (χ4v) is 4.17. The number of ether oxygens (including phenoxy) is 1. The van der Waals surface area contributed by atoms with Gasteiger partial charge in [0.15, 0.2) is 8.32 Å². The van der Waals surface area contributed by atoms with Crippen molar-refractivity contribution in [1.82, 2.24) is 0 Å². The van der Waals surface area contributed by atoms with E-state index >= 15 is 0 Å². The van der Waals surface area contributed by atoms with Gasteiger partial charge < -0.3 is 9.16 Å². The first kappa shape index (κ1) is 20.0. The van der Waals surface area contributed by atoms with Crippen LogP contribution in [0.1, 0.15) is 45.8 Å². The van der Waals surface area contributed by atoms with Crippen molar-refractivity contribution in [2.75, 3.05) is 7.11 Å². The van der Waals surface area contributed by atoms with Crippen LogP contribution in [0.2, 0.25) is 28.2 Å². The van der Waals surface area contributed by atoms with Gasteiger partial charge in [-0.1, -0.05) is 57.0 Å². The Hall–Kier alpha value is -0.0631. The number of hydrogen-bond acceptors (Lipinski definition) is 2. The van der Waals surface area contributed by atoms with Crippen LogP contribution in [-0.2, 0) is 9.16 Å². The summed E-state index contributed by atoms with van der Waals surface area (Å²) in [4.78, 5) is 0. The van der Waals surface area contributed by atoms with E-state index in [-0.39, 0.29) is 17.2 Å². The fraction of sp³-hybridized carbons (Fsp3) is 0.647. The highest BCUT2D eigenvalue weighted by molar-refractivity contribution is 6.74. The second kappa shape index (κ2) is 7.67. The van der Waals surface area contributed by atoms with E-state index < -0.39 is 8.32 Å². The summed E-state index contributed by atoms with van der Waals surface area (Å²) < 4.78 is 12.3. The van der Waals surface area contributed by atoms with Crippen LogP contribution in [0.25, 0.3) is 0 Å². The average Bonchev–Trinajstić information content (AvgIpc) is 2.39. The molecule has 0 fully saturated rings. The van der Waals surface area contributed by atoms with Gasteiger partial charge in [-0.05, 0) is 36.7 Å². The van der Waals surface area contributed by atoms with Crippen molar-refractivity contribution in [3.8, 4) is 0 Å². The van der Waals surface area contributed by atoms with Gasteiger partial charge >= 0.3 is 0 Å². The minimum Gasteiger partial charge on any atom is -0.411 e. The summed E-state index contributed by atoms with van der Waals surface area (Å²) in [5.41, 5.74) is 0.818. The molecular weight excluding hydrogens is 335 g/mol. The van der Waals surface area contributed by atoms with Gasteiger partial charge in [0.1, 0.15) is 6.10 Å². The molecule has 1 aromatic rings. The van der Waals surface area contributed by atoms with Crippen molar-refractivity contribution >= 4 is 31.5 Å². The Labute approximate surface area is 146 Å². The van der Waals surface area contributed by atoms with Crippen LogP contribution in [0.15, 0.2) is 18.2 Å². The van der Waals surface area contributed by atoms with E-state index in [0.717, 1.165) is 12.0 Å². The van der Waals surface area contributed by atoms with Crippen molar-refractivity contribution in [2.45, 2.75) is 64.5 Å². The minimum absolute atomic E-state index is 0.0664. The summed E-state index contributed by atoms with van der Waals surface area (Å²) in [6.45, 7) is 13.3. The Kier molecular flexibility index (Phi) is 6.97. The average molecular weight is 363 g/mol. The van der Waals surface area contributed by atoms with E-state index in [2.05, 4.69) is 40.8 Å². The lowest BCUT2D eigenvalue weighted by molar-refractivity contribution is -0.00787. The van der Waals surface area contributed by atoms with E-state index in [0.29, 0.717) is 10.0 Å². The minimum atomic E-state index is -1.90. The summed E-state index contributed by atoms with van der Waals surface area (Å²) >= 11 is 12.7. The maximum atomic E-state index is 6.57. The fourth-order valence-electron chi connectivity index (χ4n) is 2.15. The van der Waals surface area contributed by atoms with E-state index in [4.69, 9.17) is 32.4 Å². The molecule has 0 saturated heterocycles. The molecule has 0 aliphatic heterocycles. The Morgan fingerprint density at radius 1 is 1.14 bits per heavy atom. The quantitative estimate of drug-likeness (QED) is 0.539. The lowest BCUT2D eigenvalue weighted by atomic mass is 10.0. The molecule has 2 nitrogen and oxygen atoms in total. The second-order valence-electron chi connectivity index (χ2n) is 7.12. The number of hydrogen-bond donors (Lipinski definition) is 0. The number of rotatable bonds is 6. The maximum absolute atomic E-state index is 6.57. The predicted octanol–water partition coefficient (Wildman–Crippen LogP) is 6.48. The zero-order valence-corrected chi connectivity index (χ0v) is 17.2. The highest BCUT2D eigenvalue weighted by Crippen LogP contribution is 2.42. The lowest BCUT2D eigenvalue weighted by Gasteiger charge is -2.41. The first-order valence-electron chi connectivity index (χ1n) is 7.69. The predicted molar refractivity (Wildman–Crippen MR) is 98.6 cm³/mol. The molecule has 1 unspecified atom stereocenters. The van der Waals surface area contributed by atoms with E-state index in [1.54, 1.807) is 7.11 Å². The summed E-state index contributed by atoms with van der Waals surface area (Å²) in [6.07, 6.45) is 0.510. The molecule has 0 N–H and O–H groups in total. The Bertz CT molecular complexity index is 478. The van der Waals surface area contributed by atoms with Crippen molar-refractivity contribution in [2.24, 2.45) is 0 Å². The highest BCUT2D eigenvalue weighted by Gasteiger charge is 2.41. The molecule has 0 radical (unpaired) electrons. The molecule has 0 bridgehead atoms. The van der Waals surface area contributed by atoms with Gasteiger partial charge in [-0.3, -0.25) is 0 Å². The molecule has 0 aromatic heterocycles. The lowest BCUT2D eigenvalue weighted by Crippen LogP contribution is -2.45. The van der Waals surface area contributed by atoms with E-state index in [1.807, 2.05) is 18.2 Å². The molecule has 0 aliphatic rings. The van der Waals surface area contributed by atoms with Crippen LogP contribution >= 0.6 is 23.2 Å². The second-order valence-corrected chi connectivity index (χ2v) is 12.7. The first-order valence-corrected chi connectivity index (χ1v) is 11.4. The summed E-state index contributed by atoms with van der Waals surface area (Å²) in [7, 11) is -0.219. The Morgan fingerprint density at radius 2 is 1.64 bits per heavy atom. The molecule has 0 amide bonds. The number of benzene rings is 1. The molecule has 2 atom stereocenters. The highest BCUT2D eigenvalue weighted by atomic mass is 35.5. The monoisotopic (exact) mass is 362 g/mol. The molecule has 22 heavy (non-hydrogen) atoms. The van der Waals surface area contributed by atoms with Crippen molar-refractivity contribution in [3.05, 3.63) is 33.8 Å². The molecule has 0 spiro atoms. The largest absolute Gasteiger partial charge is 0.411 e. The zero-order chi connectivity index (χ0) is 17.1. The molecule has 1 aromatic carbocycles. The summed E-state index contributed by atoms with van der Waals surface area (Å²) in [6, 6.07) is 5.53. The molecule has 0 aliphatic carbocycles. The van der Waals surface area contributed by atoms with E-state index in [9.17, 15) is 0 Å². The van der Waals surface area contributed by atoms with Gasteiger partial charge in [-0.25, -0.2) is 0 Å². The van der Waals surface area contributed by atoms with E-state index in [1.165, 1.54) is 0 Å². The third-order valence-electron chi connectivity index (χ3n) is 4.53. The normalized spacial score (nSPS) is 15.7. The summed E-state index contributed by atoms with van der Waals surface area (Å²) in [5.74, 6) is 0. The van der Waals surface area contributed by atoms with Crippen LogP contribution in [-0.4, -0.2) is 21.5 Å². The Morgan fingerprint density at radius 3 is 2.00 bits per heavy atom. The molecule has 1 rings (SSSR count). The van der Waals surface area contributed by atoms with Gasteiger partial charge in [0.05, 0.1) is 6.10 Å². The summed E-state index contributed by atoms with van der Waals surface area (Å²) in [5, 5.41) is 1.39. The molecule has 0 heterocycles. The van der Waals surface area contributed by atoms with Gasteiger partial charge in [-0.2, -0.15) is 0 Å². The smallest absolute Gasteiger partial charge is 0.192 e. The third-order valence-corrected chi connectivity index (χ3v) is 9.69. The zero-order valence-electron chi connectivity index (χ0n) is 14.7. The van der Waals surface area contributed by atoms with Gasteiger partial charge in [0, 0.05) is 22.7 Å². The number of halogens is 2. The number of methoxy groups -OCH3 is 1. The van der Waals surface area contributed by atoms with Gasteiger partial charge in [0.25, 0.3) is 0 Å². The van der Waals surface area contributed by atoms with Crippen molar-refractivity contribution < 1.29 is 9.16 Å². The Balaban J connectivity index is 3.16. The van der Waals surface area contributed by atoms with Crippen LogP contribution in [0.3, 0.4) is 0 Å². The SMILES string of the molecule is CCC(O[Si](C)(C)C(C)(C)C)[C@@H](OC)c1c(Cl)cccc1Cl. The van der Waals surface area contributed by atoms with Crippen LogP contribution in [0.5, 0.6) is 0 Å². The van der Waals surface area contributed by atoms with Crippen molar-refractivity contribution in [1.29, 1.82) is 0 Å². The molecule has 5 heteroatoms. The van der Waals surface area contributed by atoms with Crippen LogP contribution in [0.4, 0.5) is 0 Å².